The van der Waals surface area contributed by atoms with Crippen molar-refractivity contribution in [2.75, 3.05) is 0 Å². The third kappa shape index (κ3) is 0.597. The molecule has 11 heavy (non-hydrogen) atoms. The molecule has 0 N–H and O–H groups in total. The smallest absolute Gasteiger partial charge is 0.0276 e. The first-order chi connectivity index (χ1) is 5.45. The summed E-state index contributed by atoms with van der Waals surface area (Å²) in [5.41, 5.74) is 3.02. The van der Waals surface area contributed by atoms with Gasteiger partial charge >= 0.3 is 0 Å². The van der Waals surface area contributed by atoms with Gasteiger partial charge in [-0.1, -0.05) is 36.4 Å². The lowest BCUT2D eigenvalue weighted by molar-refractivity contribution is 0.905. The highest BCUT2D eigenvalue weighted by molar-refractivity contribution is 5.56. The number of rotatable bonds is 0. The molecule has 0 saturated carbocycles. The third-order valence-corrected chi connectivity index (χ3v) is 2.68. The first kappa shape index (κ1) is 5.59. The van der Waals surface area contributed by atoms with Crippen LogP contribution in [0.15, 0.2) is 36.4 Å². The van der Waals surface area contributed by atoms with Crippen molar-refractivity contribution in [2.45, 2.75) is 12.3 Å². The van der Waals surface area contributed by atoms with Crippen molar-refractivity contribution >= 4 is 0 Å². The monoisotopic (exact) mass is 141 g/mol. The molecule has 1 unspecified atom stereocenters. The van der Waals surface area contributed by atoms with Gasteiger partial charge in [-0.2, -0.15) is 0 Å². The Morgan fingerprint density at radius 2 is 2.09 bits per heavy atom. The Morgan fingerprint density at radius 1 is 1.18 bits per heavy atom. The molecule has 1 aromatic carbocycles. The van der Waals surface area contributed by atoms with Crippen molar-refractivity contribution in [1.82, 2.24) is 0 Å². The molecule has 0 spiro atoms. The topological polar surface area (TPSA) is 0 Å². The van der Waals surface area contributed by atoms with E-state index in [9.17, 15) is 0 Å². The van der Waals surface area contributed by atoms with E-state index in [0.29, 0.717) is 5.92 Å². The second-order valence-electron chi connectivity index (χ2n) is 3.28. The molecule has 1 radical (unpaired) electrons. The minimum atomic E-state index is 0.709. The first-order valence-electron chi connectivity index (χ1n) is 4.08. The summed E-state index contributed by atoms with van der Waals surface area (Å²) in [6, 6.07) is 8.74. The van der Waals surface area contributed by atoms with Crippen molar-refractivity contribution in [3.63, 3.8) is 0 Å². The molecule has 0 aromatic heterocycles. The molecule has 0 aliphatic heterocycles. The van der Waals surface area contributed by atoms with Gasteiger partial charge < -0.3 is 0 Å². The van der Waals surface area contributed by atoms with Gasteiger partial charge in [-0.3, -0.25) is 0 Å². The lowest BCUT2D eigenvalue weighted by Crippen LogP contribution is -1.90. The van der Waals surface area contributed by atoms with E-state index in [1.165, 1.54) is 23.5 Å². The Balaban J connectivity index is 2.28. The molecule has 1 aromatic rings. The van der Waals surface area contributed by atoms with Crippen LogP contribution >= 0.6 is 0 Å². The average Bonchev–Trinajstić information content (AvgIpc) is 2.64. The molecular weight excluding hydrogens is 132 g/mol. The van der Waals surface area contributed by atoms with E-state index in [0.717, 1.165) is 0 Å². The van der Waals surface area contributed by atoms with Crippen LogP contribution in [-0.2, 0) is 0 Å². The van der Waals surface area contributed by atoms with E-state index in [-0.39, 0.29) is 0 Å². The van der Waals surface area contributed by atoms with Crippen molar-refractivity contribution in [3.8, 4) is 0 Å². The number of hydrogen-bond donors (Lipinski definition) is 0. The summed E-state index contributed by atoms with van der Waals surface area (Å²) in [6.45, 7) is 0. The van der Waals surface area contributed by atoms with Crippen LogP contribution in [0.2, 0.25) is 0 Å². The van der Waals surface area contributed by atoms with Crippen molar-refractivity contribution in [2.24, 2.45) is 0 Å². The number of fused-ring (bicyclic) bond motifs is 5. The molecule has 3 rings (SSSR count). The van der Waals surface area contributed by atoms with Gasteiger partial charge in [0.2, 0.25) is 0 Å². The normalized spacial score (nSPS) is 26.0. The van der Waals surface area contributed by atoms with E-state index < -0.39 is 0 Å². The quantitative estimate of drug-likeness (QED) is 0.521. The third-order valence-electron chi connectivity index (χ3n) is 2.68. The summed E-state index contributed by atoms with van der Waals surface area (Å²) in [5, 5.41) is 0. The molecule has 0 heteroatoms. The van der Waals surface area contributed by atoms with E-state index in [4.69, 9.17) is 0 Å². The largest absolute Gasteiger partial charge is 0.0800 e. The molecule has 0 amide bonds. The van der Waals surface area contributed by atoms with Crippen LogP contribution in [0, 0.1) is 5.92 Å². The standard InChI is InChI=1S/C11H9/c1-2-4-11-9-6-5-8(7-9)10(11)3-1/h1-6,8H,7H2. The van der Waals surface area contributed by atoms with Crippen molar-refractivity contribution in [3.05, 3.63) is 53.5 Å². The van der Waals surface area contributed by atoms with E-state index in [1.807, 2.05) is 0 Å². The zero-order valence-electron chi connectivity index (χ0n) is 6.25. The van der Waals surface area contributed by atoms with E-state index >= 15 is 0 Å². The van der Waals surface area contributed by atoms with Crippen molar-refractivity contribution in [1.29, 1.82) is 0 Å². The number of allylic oxidation sites excluding steroid dienone is 2. The number of hydrogen-bond acceptors (Lipinski definition) is 0. The fourth-order valence-electron chi connectivity index (χ4n) is 2.13. The minimum absolute atomic E-state index is 0.709. The summed E-state index contributed by atoms with van der Waals surface area (Å²) in [6.07, 6.45) is 5.84. The van der Waals surface area contributed by atoms with Gasteiger partial charge in [-0.15, -0.1) is 0 Å². The average molecular weight is 141 g/mol. The molecule has 2 aliphatic carbocycles. The van der Waals surface area contributed by atoms with E-state index in [1.54, 1.807) is 0 Å². The maximum absolute atomic E-state index is 2.32. The van der Waals surface area contributed by atoms with Gasteiger partial charge in [0.1, 0.15) is 0 Å². The molecule has 1 atom stereocenters. The van der Waals surface area contributed by atoms with E-state index in [2.05, 4.69) is 36.4 Å². The van der Waals surface area contributed by atoms with Crippen LogP contribution in [0.4, 0.5) is 0 Å². The van der Waals surface area contributed by atoms with Crippen LogP contribution in [0.3, 0.4) is 0 Å². The molecule has 53 valence electrons. The number of benzene rings is 1. The second kappa shape index (κ2) is 1.76. The maximum atomic E-state index is 2.32. The van der Waals surface area contributed by atoms with Gasteiger partial charge in [-0.05, 0) is 17.5 Å². The van der Waals surface area contributed by atoms with Gasteiger partial charge in [0.05, 0.1) is 0 Å². The summed E-state index contributed by atoms with van der Waals surface area (Å²) in [7, 11) is 0. The highest BCUT2D eigenvalue weighted by Gasteiger charge is 2.32. The SMILES string of the molecule is C1=CC2C[C]1c1ccccc12. The fourth-order valence-corrected chi connectivity index (χ4v) is 2.13. The van der Waals surface area contributed by atoms with Crippen LogP contribution in [0.25, 0.3) is 0 Å². The summed E-state index contributed by atoms with van der Waals surface area (Å²) < 4.78 is 0. The second-order valence-corrected chi connectivity index (χ2v) is 3.28. The van der Waals surface area contributed by atoms with Crippen molar-refractivity contribution < 1.29 is 0 Å². The van der Waals surface area contributed by atoms with Crippen LogP contribution in [-0.4, -0.2) is 0 Å². The fraction of sp³-hybridized carbons (Fsp3) is 0.182. The summed E-state index contributed by atoms with van der Waals surface area (Å²) >= 11 is 0. The summed E-state index contributed by atoms with van der Waals surface area (Å²) in [5.74, 6) is 2.24. The Kier molecular flexibility index (Phi) is 0.894. The van der Waals surface area contributed by atoms with Crippen LogP contribution in [0.5, 0.6) is 0 Å². The zero-order valence-corrected chi connectivity index (χ0v) is 6.25. The molecule has 2 bridgehead atoms. The Morgan fingerprint density at radius 3 is 3.00 bits per heavy atom. The first-order valence-corrected chi connectivity index (χ1v) is 4.08. The lowest BCUT2D eigenvalue weighted by Gasteiger charge is -2.07. The van der Waals surface area contributed by atoms with Crippen LogP contribution in [0.1, 0.15) is 23.5 Å². The van der Waals surface area contributed by atoms with Gasteiger partial charge in [0.25, 0.3) is 0 Å². The highest BCUT2D eigenvalue weighted by atomic mass is 14.3. The Hall–Kier alpha value is -1.04. The molecule has 0 fully saturated rings. The molecule has 0 saturated heterocycles. The van der Waals surface area contributed by atoms with Gasteiger partial charge in [0.15, 0.2) is 0 Å². The van der Waals surface area contributed by atoms with Gasteiger partial charge in [0, 0.05) is 11.8 Å². The van der Waals surface area contributed by atoms with Crippen LogP contribution < -0.4 is 0 Å². The minimum Gasteiger partial charge on any atom is -0.0800 e. The predicted molar refractivity (Wildman–Crippen MR) is 45.3 cm³/mol. The predicted octanol–water partition coefficient (Wildman–Crippen LogP) is 2.67. The molecular formula is C11H9. The molecule has 0 heterocycles. The Labute approximate surface area is 66.6 Å². The molecule has 2 aliphatic rings. The maximum Gasteiger partial charge on any atom is 0.0276 e. The Bertz CT molecular complexity index is 292. The zero-order chi connectivity index (χ0) is 7.26. The molecule has 0 nitrogen and oxygen atoms in total. The lowest BCUT2D eigenvalue weighted by atomic mass is 9.97. The highest BCUT2D eigenvalue weighted by Crippen LogP contribution is 2.47. The van der Waals surface area contributed by atoms with Gasteiger partial charge in [-0.25, -0.2) is 0 Å². The summed E-state index contributed by atoms with van der Waals surface area (Å²) in [4.78, 5) is 0.